The van der Waals surface area contributed by atoms with Gasteiger partial charge in [0.1, 0.15) is 5.82 Å². The number of benzene rings is 1. The third kappa shape index (κ3) is 5.70. The van der Waals surface area contributed by atoms with Gasteiger partial charge in [0.15, 0.2) is 5.96 Å². The number of aliphatic imine (C=N–C) groups is 1. The highest BCUT2D eigenvalue weighted by atomic mass is 127. The van der Waals surface area contributed by atoms with Crippen LogP contribution in [-0.2, 0) is 26.1 Å². The Morgan fingerprint density at radius 3 is 2.68 bits per heavy atom. The van der Waals surface area contributed by atoms with E-state index in [0.29, 0.717) is 18.5 Å². The summed E-state index contributed by atoms with van der Waals surface area (Å²) in [6, 6.07) is 11.1. The van der Waals surface area contributed by atoms with Crippen molar-refractivity contribution in [3.05, 3.63) is 53.6 Å². The summed E-state index contributed by atoms with van der Waals surface area (Å²) in [7, 11) is 0. The van der Waals surface area contributed by atoms with Gasteiger partial charge in [-0.15, -0.1) is 24.0 Å². The topological polar surface area (TPSA) is 71.5 Å². The molecule has 2 aromatic rings. The molecule has 0 radical (unpaired) electrons. The maximum Gasteiger partial charge on any atom is 0.189 e. The fourth-order valence-electron chi connectivity index (χ4n) is 4.05. The number of hydrogen-bond acceptors (Lipinski definition) is 3. The van der Waals surface area contributed by atoms with Gasteiger partial charge in [-0.1, -0.05) is 30.3 Å². The molecule has 3 N–H and O–H groups in total. The van der Waals surface area contributed by atoms with E-state index in [4.69, 9.17) is 5.73 Å². The van der Waals surface area contributed by atoms with Crippen LogP contribution in [0.4, 0.5) is 0 Å². The Morgan fingerprint density at radius 1 is 1.14 bits per heavy atom. The molecule has 6 nitrogen and oxygen atoms in total. The summed E-state index contributed by atoms with van der Waals surface area (Å²) in [6.07, 6.45) is 7.90. The molecule has 0 amide bonds. The summed E-state index contributed by atoms with van der Waals surface area (Å²) in [5.41, 5.74) is 8.53. The molecule has 7 heteroatoms. The van der Waals surface area contributed by atoms with Gasteiger partial charge in [0.2, 0.25) is 0 Å². The van der Waals surface area contributed by atoms with Crippen LogP contribution in [0.5, 0.6) is 0 Å². The highest BCUT2D eigenvalue weighted by Gasteiger charge is 2.19. The number of imidazole rings is 1. The van der Waals surface area contributed by atoms with Crippen LogP contribution in [-0.4, -0.2) is 39.5 Å². The summed E-state index contributed by atoms with van der Waals surface area (Å²) in [5.74, 6) is 1.74. The molecule has 152 valence electrons. The number of nitrogens with zero attached hydrogens (tertiary/aromatic N) is 4. The van der Waals surface area contributed by atoms with Crippen molar-refractivity contribution in [1.82, 2.24) is 19.8 Å². The summed E-state index contributed by atoms with van der Waals surface area (Å²) >= 11 is 0. The van der Waals surface area contributed by atoms with Gasteiger partial charge in [-0.25, -0.2) is 9.98 Å². The summed E-state index contributed by atoms with van der Waals surface area (Å²) in [4.78, 5) is 11.7. The lowest BCUT2D eigenvalue weighted by Crippen LogP contribution is -2.46. The largest absolute Gasteiger partial charge is 0.370 e. The number of nitrogens with one attached hydrogen (secondary N) is 1. The third-order valence-electron chi connectivity index (χ3n) is 5.56. The van der Waals surface area contributed by atoms with Crippen molar-refractivity contribution in [3.63, 3.8) is 0 Å². The molecule has 0 spiro atoms. The van der Waals surface area contributed by atoms with Gasteiger partial charge in [-0.05, 0) is 31.2 Å². The van der Waals surface area contributed by atoms with Crippen molar-refractivity contribution in [3.8, 4) is 0 Å². The molecule has 4 rings (SSSR count). The van der Waals surface area contributed by atoms with Gasteiger partial charge in [0, 0.05) is 44.8 Å². The lowest BCUT2D eigenvalue weighted by atomic mass is 10.0. The number of nitrogens with two attached hydrogens (primary N) is 1. The number of aromatic nitrogens is 2. The van der Waals surface area contributed by atoms with Crippen molar-refractivity contribution in [2.24, 2.45) is 10.7 Å². The van der Waals surface area contributed by atoms with Crippen molar-refractivity contribution in [2.45, 2.75) is 57.8 Å². The SMILES string of the molecule is I.NC(=NCc1cn2c(n1)CCCC2)NC1CCN(Cc2ccccc2)CC1. The van der Waals surface area contributed by atoms with Crippen LogP contribution in [0.1, 0.15) is 42.8 Å². The Labute approximate surface area is 184 Å². The Morgan fingerprint density at radius 2 is 1.93 bits per heavy atom. The minimum Gasteiger partial charge on any atom is -0.370 e. The molecular weight excluding hydrogens is 463 g/mol. The zero-order valence-electron chi connectivity index (χ0n) is 16.4. The average molecular weight is 494 g/mol. The quantitative estimate of drug-likeness (QED) is 0.381. The van der Waals surface area contributed by atoms with E-state index in [2.05, 4.69) is 61.3 Å². The number of halogens is 1. The second-order valence-corrected chi connectivity index (χ2v) is 7.68. The predicted octanol–water partition coefficient (Wildman–Crippen LogP) is 2.91. The Kier molecular flexibility index (Phi) is 7.73. The van der Waals surface area contributed by atoms with Crippen LogP contribution in [0.15, 0.2) is 41.5 Å². The Bertz CT molecular complexity index is 741. The summed E-state index contributed by atoms with van der Waals surface area (Å²) < 4.78 is 2.26. The minimum atomic E-state index is 0. The van der Waals surface area contributed by atoms with Crippen LogP contribution >= 0.6 is 24.0 Å². The minimum absolute atomic E-state index is 0. The Balaban J connectivity index is 0.00000225. The van der Waals surface area contributed by atoms with Crippen molar-refractivity contribution < 1.29 is 0 Å². The van der Waals surface area contributed by atoms with Gasteiger partial charge in [-0.2, -0.15) is 0 Å². The number of rotatable bonds is 5. The summed E-state index contributed by atoms with van der Waals surface area (Å²) in [5, 5.41) is 3.40. The van der Waals surface area contributed by atoms with Crippen molar-refractivity contribution in [2.75, 3.05) is 13.1 Å². The highest BCUT2D eigenvalue weighted by Crippen LogP contribution is 2.15. The van der Waals surface area contributed by atoms with Gasteiger partial charge in [0.05, 0.1) is 12.2 Å². The number of fused-ring (bicyclic) bond motifs is 1. The van der Waals surface area contributed by atoms with Crippen LogP contribution in [0, 0.1) is 0 Å². The second kappa shape index (κ2) is 10.2. The lowest BCUT2D eigenvalue weighted by molar-refractivity contribution is 0.199. The van der Waals surface area contributed by atoms with E-state index in [-0.39, 0.29) is 24.0 Å². The average Bonchev–Trinajstić information content (AvgIpc) is 3.12. The van der Waals surface area contributed by atoms with Gasteiger partial charge >= 0.3 is 0 Å². The van der Waals surface area contributed by atoms with E-state index in [1.807, 2.05) is 0 Å². The van der Waals surface area contributed by atoms with Gasteiger partial charge < -0.3 is 15.6 Å². The molecule has 0 bridgehead atoms. The molecule has 2 aliphatic rings. The molecule has 0 saturated carbocycles. The van der Waals surface area contributed by atoms with Crippen LogP contribution in [0.3, 0.4) is 0 Å². The monoisotopic (exact) mass is 494 g/mol. The first kappa shape index (κ1) is 21.1. The maximum atomic E-state index is 6.12. The van der Waals surface area contributed by atoms with Crippen LogP contribution in [0.25, 0.3) is 0 Å². The molecule has 28 heavy (non-hydrogen) atoms. The van der Waals surface area contributed by atoms with E-state index in [1.165, 1.54) is 24.2 Å². The fourth-order valence-corrected chi connectivity index (χ4v) is 4.05. The molecule has 1 aromatic heterocycles. The third-order valence-corrected chi connectivity index (χ3v) is 5.56. The van der Waals surface area contributed by atoms with E-state index in [0.717, 1.165) is 51.1 Å². The normalized spacial score (nSPS) is 18.4. The first-order chi connectivity index (χ1) is 13.3. The molecule has 0 atom stereocenters. The first-order valence-corrected chi connectivity index (χ1v) is 10.1. The van der Waals surface area contributed by atoms with Gasteiger partial charge in [-0.3, -0.25) is 4.90 Å². The van der Waals surface area contributed by atoms with E-state index in [1.54, 1.807) is 0 Å². The number of likely N-dealkylation sites (tertiary alicyclic amines) is 1. The zero-order chi connectivity index (χ0) is 18.5. The Hall–Kier alpha value is -1.61. The molecule has 2 aliphatic heterocycles. The first-order valence-electron chi connectivity index (χ1n) is 10.1. The maximum absolute atomic E-state index is 6.12. The summed E-state index contributed by atoms with van der Waals surface area (Å²) in [6.45, 7) is 4.86. The molecule has 3 heterocycles. The lowest BCUT2D eigenvalue weighted by Gasteiger charge is -2.32. The second-order valence-electron chi connectivity index (χ2n) is 7.68. The van der Waals surface area contributed by atoms with E-state index >= 15 is 0 Å². The molecule has 0 unspecified atom stereocenters. The van der Waals surface area contributed by atoms with Crippen LogP contribution in [0.2, 0.25) is 0 Å². The standard InChI is InChI=1S/C21H30N6.HI/c22-21(23-14-19-16-27-11-5-4-8-20(27)24-19)25-18-9-12-26(13-10-18)15-17-6-2-1-3-7-17;/h1-3,6-7,16,18H,4-5,8-15H2,(H3,22,23,25);1H. The highest BCUT2D eigenvalue weighted by molar-refractivity contribution is 14.0. The molecular formula is C21H31IN6. The molecule has 0 aliphatic carbocycles. The number of aryl methyl sites for hydroxylation is 2. The zero-order valence-corrected chi connectivity index (χ0v) is 18.7. The number of hydrogen-bond donors (Lipinski definition) is 2. The smallest absolute Gasteiger partial charge is 0.189 e. The number of guanidine groups is 1. The van der Waals surface area contributed by atoms with Crippen molar-refractivity contribution in [1.29, 1.82) is 0 Å². The molecule has 1 saturated heterocycles. The molecule has 1 fully saturated rings. The van der Waals surface area contributed by atoms with Crippen LogP contribution < -0.4 is 11.1 Å². The van der Waals surface area contributed by atoms with E-state index < -0.39 is 0 Å². The van der Waals surface area contributed by atoms with E-state index in [9.17, 15) is 0 Å². The van der Waals surface area contributed by atoms with Gasteiger partial charge in [0.25, 0.3) is 0 Å². The fraction of sp³-hybridized carbons (Fsp3) is 0.524. The molecule has 1 aromatic carbocycles. The van der Waals surface area contributed by atoms with Crippen molar-refractivity contribution >= 4 is 29.9 Å². The predicted molar refractivity (Wildman–Crippen MR) is 124 cm³/mol. The number of piperidine rings is 1.